The van der Waals surface area contributed by atoms with Crippen LogP contribution in [0.15, 0.2) is 53.9 Å². The summed E-state index contributed by atoms with van der Waals surface area (Å²) in [5, 5.41) is 9.63. The quantitative estimate of drug-likeness (QED) is 0.693. The molecule has 1 fully saturated rings. The number of hydrogen-bond acceptors (Lipinski definition) is 5. The van der Waals surface area contributed by atoms with Crippen LogP contribution < -0.4 is 15.5 Å². The van der Waals surface area contributed by atoms with Gasteiger partial charge in [0.05, 0.1) is 11.4 Å². The molecule has 138 valence electrons. The summed E-state index contributed by atoms with van der Waals surface area (Å²) in [4.78, 5) is 19.5. The van der Waals surface area contributed by atoms with E-state index in [2.05, 4.69) is 20.5 Å². The van der Waals surface area contributed by atoms with Crippen LogP contribution >= 0.6 is 22.9 Å². The van der Waals surface area contributed by atoms with Crippen molar-refractivity contribution in [3.63, 3.8) is 0 Å². The maximum absolute atomic E-state index is 12.7. The highest BCUT2D eigenvalue weighted by molar-refractivity contribution is 7.13. The van der Waals surface area contributed by atoms with Crippen molar-refractivity contribution in [2.45, 2.75) is 0 Å². The fourth-order valence-electron chi connectivity index (χ4n) is 3.05. The second-order valence-corrected chi connectivity index (χ2v) is 7.55. The highest BCUT2D eigenvalue weighted by Gasteiger charge is 2.17. The van der Waals surface area contributed by atoms with Crippen molar-refractivity contribution in [1.29, 1.82) is 0 Å². The molecule has 1 amide bonds. The summed E-state index contributed by atoms with van der Waals surface area (Å²) < 4.78 is 0. The molecule has 0 saturated carbocycles. The fraction of sp³-hybridized carbons (Fsp3) is 0.200. The average molecular weight is 399 g/mol. The Bertz CT molecular complexity index is 935. The second kappa shape index (κ2) is 8.08. The molecular formula is C20H19ClN4OS. The summed E-state index contributed by atoms with van der Waals surface area (Å²) in [6, 6.07) is 15.4. The molecule has 7 heteroatoms. The number of carbonyl (C=O) groups is 1. The number of thiazole rings is 1. The molecule has 0 bridgehead atoms. The monoisotopic (exact) mass is 398 g/mol. The van der Waals surface area contributed by atoms with Crippen molar-refractivity contribution in [2.24, 2.45) is 0 Å². The number of hydrogen-bond donors (Lipinski definition) is 2. The third kappa shape index (κ3) is 4.13. The summed E-state index contributed by atoms with van der Waals surface area (Å²) in [5.74, 6) is -0.200. The molecule has 1 saturated heterocycles. The molecule has 3 aromatic rings. The number of para-hydroxylation sites is 2. The van der Waals surface area contributed by atoms with Crippen LogP contribution in [0.2, 0.25) is 5.02 Å². The average Bonchev–Trinajstić information content (AvgIpc) is 3.20. The molecule has 1 aliphatic heterocycles. The molecule has 5 nitrogen and oxygen atoms in total. The molecule has 27 heavy (non-hydrogen) atoms. The first-order valence-electron chi connectivity index (χ1n) is 8.78. The lowest BCUT2D eigenvalue weighted by atomic mass is 10.2. The van der Waals surface area contributed by atoms with E-state index in [1.165, 1.54) is 11.3 Å². The Morgan fingerprint density at radius 3 is 2.63 bits per heavy atom. The Morgan fingerprint density at radius 1 is 1.11 bits per heavy atom. The van der Waals surface area contributed by atoms with Gasteiger partial charge in [-0.05, 0) is 24.3 Å². The van der Waals surface area contributed by atoms with Crippen LogP contribution in [0, 0.1) is 0 Å². The van der Waals surface area contributed by atoms with Crippen LogP contribution in [-0.4, -0.2) is 37.1 Å². The van der Waals surface area contributed by atoms with Crippen LogP contribution in [0.25, 0.3) is 10.6 Å². The Labute approximate surface area is 167 Å². The molecule has 0 aliphatic carbocycles. The molecule has 0 spiro atoms. The molecule has 1 aliphatic rings. The van der Waals surface area contributed by atoms with E-state index in [-0.39, 0.29) is 5.91 Å². The van der Waals surface area contributed by atoms with E-state index in [9.17, 15) is 4.79 Å². The zero-order valence-electron chi connectivity index (χ0n) is 14.6. The van der Waals surface area contributed by atoms with Gasteiger partial charge < -0.3 is 15.5 Å². The van der Waals surface area contributed by atoms with Gasteiger partial charge >= 0.3 is 0 Å². The van der Waals surface area contributed by atoms with Crippen LogP contribution in [0.5, 0.6) is 0 Å². The number of aromatic nitrogens is 1. The van der Waals surface area contributed by atoms with E-state index in [4.69, 9.17) is 11.6 Å². The summed E-state index contributed by atoms with van der Waals surface area (Å²) >= 11 is 7.38. The van der Waals surface area contributed by atoms with E-state index in [1.54, 1.807) is 5.38 Å². The minimum absolute atomic E-state index is 0.200. The van der Waals surface area contributed by atoms with Gasteiger partial charge in [0, 0.05) is 42.1 Å². The van der Waals surface area contributed by atoms with Gasteiger partial charge in [-0.15, -0.1) is 11.3 Å². The van der Waals surface area contributed by atoms with E-state index >= 15 is 0 Å². The van der Waals surface area contributed by atoms with E-state index in [1.807, 2.05) is 48.5 Å². The minimum Gasteiger partial charge on any atom is -0.367 e. The Hall–Kier alpha value is -2.41. The van der Waals surface area contributed by atoms with E-state index in [0.29, 0.717) is 10.7 Å². The number of rotatable bonds is 4. The lowest BCUT2D eigenvalue weighted by Gasteiger charge is -2.31. The Morgan fingerprint density at radius 2 is 1.85 bits per heavy atom. The third-order valence-electron chi connectivity index (χ3n) is 4.44. The lowest BCUT2D eigenvalue weighted by Crippen LogP contribution is -2.43. The molecule has 2 N–H and O–H groups in total. The van der Waals surface area contributed by atoms with Crippen LogP contribution in [0.1, 0.15) is 10.5 Å². The largest absolute Gasteiger partial charge is 0.367 e. The first kappa shape index (κ1) is 18.0. The highest BCUT2D eigenvalue weighted by atomic mass is 35.5. The van der Waals surface area contributed by atoms with Gasteiger partial charge in [0.15, 0.2) is 0 Å². The number of nitrogens with zero attached hydrogens (tertiary/aromatic N) is 2. The van der Waals surface area contributed by atoms with Gasteiger partial charge in [0.1, 0.15) is 10.7 Å². The Kier molecular flexibility index (Phi) is 5.38. The SMILES string of the molecule is O=C(Nc1ccccc1N1CCNCC1)c1csc(-c2ccc(Cl)cc2)n1. The molecular weight excluding hydrogens is 380 g/mol. The van der Waals surface area contributed by atoms with Crippen molar-refractivity contribution in [1.82, 2.24) is 10.3 Å². The van der Waals surface area contributed by atoms with Crippen molar-refractivity contribution < 1.29 is 4.79 Å². The van der Waals surface area contributed by atoms with Gasteiger partial charge in [-0.25, -0.2) is 4.98 Å². The van der Waals surface area contributed by atoms with E-state index in [0.717, 1.165) is 48.1 Å². The van der Waals surface area contributed by atoms with Crippen molar-refractivity contribution in [2.75, 3.05) is 36.4 Å². The van der Waals surface area contributed by atoms with Crippen molar-refractivity contribution >= 4 is 40.2 Å². The number of halogens is 1. The van der Waals surface area contributed by atoms with E-state index < -0.39 is 0 Å². The topological polar surface area (TPSA) is 57.3 Å². The Balaban J connectivity index is 1.52. The summed E-state index contributed by atoms with van der Waals surface area (Å²) in [6.45, 7) is 3.73. The van der Waals surface area contributed by atoms with Gasteiger partial charge in [-0.1, -0.05) is 35.9 Å². The van der Waals surface area contributed by atoms with Crippen LogP contribution in [-0.2, 0) is 0 Å². The smallest absolute Gasteiger partial charge is 0.275 e. The number of piperazine rings is 1. The first-order chi connectivity index (χ1) is 13.2. The minimum atomic E-state index is -0.200. The maximum atomic E-state index is 12.7. The number of carbonyl (C=O) groups excluding carboxylic acids is 1. The van der Waals surface area contributed by atoms with Crippen LogP contribution in [0.3, 0.4) is 0 Å². The zero-order valence-corrected chi connectivity index (χ0v) is 16.2. The molecule has 0 atom stereocenters. The predicted octanol–water partition coefficient (Wildman–Crippen LogP) is 4.13. The summed E-state index contributed by atoms with van der Waals surface area (Å²) in [6.07, 6.45) is 0. The molecule has 2 aromatic carbocycles. The molecule has 4 rings (SSSR count). The molecule has 1 aromatic heterocycles. The molecule has 0 unspecified atom stereocenters. The standard InChI is InChI=1S/C20H19ClN4OS/c21-15-7-5-14(6-8-15)20-24-17(13-27-20)19(26)23-16-3-1-2-4-18(16)25-11-9-22-10-12-25/h1-8,13,22H,9-12H2,(H,23,26). The molecule has 2 heterocycles. The summed E-state index contributed by atoms with van der Waals surface area (Å²) in [5.41, 5.74) is 3.22. The van der Waals surface area contributed by atoms with Gasteiger partial charge in [-0.2, -0.15) is 0 Å². The first-order valence-corrected chi connectivity index (χ1v) is 10.0. The lowest BCUT2D eigenvalue weighted by molar-refractivity contribution is 0.102. The maximum Gasteiger partial charge on any atom is 0.275 e. The molecule has 0 radical (unpaired) electrons. The predicted molar refractivity (Wildman–Crippen MR) is 112 cm³/mol. The third-order valence-corrected chi connectivity index (χ3v) is 5.58. The van der Waals surface area contributed by atoms with Gasteiger partial charge in [-0.3, -0.25) is 4.79 Å². The zero-order chi connectivity index (χ0) is 18.6. The number of amides is 1. The van der Waals surface area contributed by atoms with Crippen molar-refractivity contribution in [3.8, 4) is 10.6 Å². The van der Waals surface area contributed by atoms with Gasteiger partial charge in [0.25, 0.3) is 5.91 Å². The van der Waals surface area contributed by atoms with Crippen molar-refractivity contribution in [3.05, 3.63) is 64.6 Å². The number of nitrogens with one attached hydrogen (secondary N) is 2. The van der Waals surface area contributed by atoms with Gasteiger partial charge in [0.2, 0.25) is 0 Å². The highest BCUT2D eigenvalue weighted by Crippen LogP contribution is 2.28. The van der Waals surface area contributed by atoms with Crippen LogP contribution in [0.4, 0.5) is 11.4 Å². The summed E-state index contributed by atoms with van der Waals surface area (Å²) in [7, 11) is 0. The number of benzene rings is 2. The number of anilines is 2. The fourth-order valence-corrected chi connectivity index (χ4v) is 3.98. The normalized spacial score (nSPS) is 14.2. The second-order valence-electron chi connectivity index (χ2n) is 6.25.